The normalized spacial score (nSPS) is 11.4. The first kappa shape index (κ1) is 20.3. The molecule has 0 spiro atoms. The fourth-order valence-corrected chi connectivity index (χ4v) is 3.83. The molecule has 0 bridgehead atoms. The third-order valence-corrected chi connectivity index (χ3v) is 6.24. The van der Waals surface area contributed by atoms with Crippen LogP contribution >= 0.6 is 15.9 Å². The molecular weight excluding hydrogens is 444 g/mol. The van der Waals surface area contributed by atoms with E-state index >= 15 is 0 Å². The Kier molecular flexibility index (Phi) is 6.33. The first-order valence-corrected chi connectivity index (χ1v) is 10.8. The number of benzene rings is 3. The second kappa shape index (κ2) is 8.72. The molecule has 1 amide bonds. The molecule has 146 valence electrons. The average molecular weight is 463 g/mol. The Morgan fingerprint density at radius 3 is 2.54 bits per heavy atom. The van der Waals surface area contributed by atoms with E-state index in [0.29, 0.717) is 4.47 Å². The first-order valence-electron chi connectivity index (χ1n) is 8.53. The molecule has 3 rings (SSSR count). The zero-order valence-electron chi connectivity index (χ0n) is 15.1. The Morgan fingerprint density at radius 2 is 1.79 bits per heavy atom. The Balaban J connectivity index is 1.60. The van der Waals surface area contributed by atoms with Gasteiger partial charge in [0.25, 0.3) is 5.91 Å². The lowest BCUT2D eigenvalue weighted by Crippen LogP contribution is -2.28. The molecule has 0 aliphatic carbocycles. The summed E-state index contributed by atoms with van der Waals surface area (Å²) in [7, 11) is -2.30. The van der Waals surface area contributed by atoms with Crippen LogP contribution in [0.15, 0.2) is 70.0 Å². The predicted octanol–water partition coefficient (Wildman–Crippen LogP) is 3.32. The summed E-state index contributed by atoms with van der Waals surface area (Å²) in [5, 5.41) is 4.94. The Labute approximate surface area is 172 Å². The van der Waals surface area contributed by atoms with Gasteiger partial charge in [-0.1, -0.05) is 30.3 Å². The molecule has 0 aliphatic rings. The molecule has 0 radical (unpaired) electrons. The third-order valence-electron chi connectivity index (χ3n) is 4.14. The topological polar surface area (TPSA) is 84.5 Å². The minimum Gasteiger partial charge on any atom is -0.492 e. The summed E-state index contributed by atoms with van der Waals surface area (Å²) in [4.78, 5) is 12.4. The van der Waals surface area contributed by atoms with Crippen LogP contribution in [0.4, 0.5) is 0 Å². The molecule has 0 unspecified atom stereocenters. The van der Waals surface area contributed by atoms with E-state index in [1.165, 1.54) is 25.2 Å². The number of carbonyl (C=O) groups excluding carboxylic acids is 1. The number of nitrogens with one attached hydrogen (secondary N) is 2. The van der Waals surface area contributed by atoms with Gasteiger partial charge in [-0.2, -0.15) is 0 Å². The standard InChI is InChI=1S/C20H19BrN2O4S/c1-22-28(25,26)17-8-9-19(21)18(13-17)20(24)23-10-11-27-16-7-6-14-4-2-3-5-15(14)12-16/h2-9,12-13,22H,10-11H2,1H3,(H,23,24). The molecule has 2 N–H and O–H groups in total. The quantitative estimate of drug-likeness (QED) is 0.527. The van der Waals surface area contributed by atoms with E-state index in [4.69, 9.17) is 4.74 Å². The summed E-state index contributed by atoms with van der Waals surface area (Å²) < 4.78 is 32.3. The molecule has 28 heavy (non-hydrogen) atoms. The summed E-state index contributed by atoms with van der Waals surface area (Å²) in [6.45, 7) is 0.567. The van der Waals surface area contributed by atoms with Crippen LogP contribution < -0.4 is 14.8 Å². The molecule has 0 aliphatic heterocycles. The fourth-order valence-electron chi connectivity index (χ4n) is 2.65. The van der Waals surface area contributed by atoms with Crippen molar-refractivity contribution in [2.45, 2.75) is 4.90 Å². The third kappa shape index (κ3) is 4.70. The van der Waals surface area contributed by atoms with Gasteiger partial charge in [0.05, 0.1) is 17.0 Å². The van der Waals surface area contributed by atoms with E-state index in [0.717, 1.165) is 16.5 Å². The number of ether oxygens (including phenoxy) is 1. The van der Waals surface area contributed by atoms with Crippen molar-refractivity contribution in [2.75, 3.05) is 20.2 Å². The van der Waals surface area contributed by atoms with Crippen molar-refractivity contribution < 1.29 is 17.9 Å². The zero-order valence-corrected chi connectivity index (χ0v) is 17.5. The van der Waals surface area contributed by atoms with Crippen molar-refractivity contribution in [3.63, 3.8) is 0 Å². The van der Waals surface area contributed by atoms with Crippen LogP contribution in [-0.2, 0) is 10.0 Å². The van der Waals surface area contributed by atoms with Crippen molar-refractivity contribution in [3.05, 3.63) is 70.7 Å². The minimum absolute atomic E-state index is 0.0239. The molecule has 3 aromatic carbocycles. The number of halogens is 1. The average Bonchev–Trinajstić information content (AvgIpc) is 2.71. The number of rotatable bonds is 7. The van der Waals surface area contributed by atoms with Crippen molar-refractivity contribution in [1.82, 2.24) is 10.0 Å². The second-order valence-electron chi connectivity index (χ2n) is 5.96. The largest absolute Gasteiger partial charge is 0.492 e. The van der Waals surface area contributed by atoms with E-state index in [1.54, 1.807) is 0 Å². The van der Waals surface area contributed by atoms with E-state index in [2.05, 4.69) is 26.0 Å². The highest BCUT2D eigenvalue weighted by Crippen LogP contribution is 2.22. The number of hydrogen-bond acceptors (Lipinski definition) is 4. The molecule has 0 saturated heterocycles. The lowest BCUT2D eigenvalue weighted by molar-refractivity contribution is 0.0946. The summed E-state index contributed by atoms with van der Waals surface area (Å²) in [5.74, 6) is 0.332. The number of hydrogen-bond donors (Lipinski definition) is 2. The van der Waals surface area contributed by atoms with Crippen molar-refractivity contribution in [2.24, 2.45) is 0 Å². The van der Waals surface area contributed by atoms with Crippen molar-refractivity contribution in [3.8, 4) is 5.75 Å². The second-order valence-corrected chi connectivity index (χ2v) is 8.70. The van der Waals surface area contributed by atoms with Gasteiger partial charge in [0.15, 0.2) is 0 Å². The maximum Gasteiger partial charge on any atom is 0.252 e. The van der Waals surface area contributed by atoms with Crippen LogP contribution in [-0.4, -0.2) is 34.5 Å². The van der Waals surface area contributed by atoms with E-state index in [1.807, 2.05) is 42.5 Å². The van der Waals surface area contributed by atoms with Gasteiger partial charge in [-0.05, 0) is 64.1 Å². The molecular formula is C20H19BrN2O4S. The number of carbonyl (C=O) groups is 1. The van der Waals surface area contributed by atoms with Crippen molar-refractivity contribution in [1.29, 1.82) is 0 Å². The highest BCUT2D eigenvalue weighted by molar-refractivity contribution is 9.10. The highest BCUT2D eigenvalue weighted by Gasteiger charge is 2.17. The van der Waals surface area contributed by atoms with Crippen LogP contribution in [0.1, 0.15) is 10.4 Å². The molecule has 0 fully saturated rings. The van der Waals surface area contributed by atoms with Gasteiger partial charge in [0.1, 0.15) is 12.4 Å². The molecule has 6 nitrogen and oxygen atoms in total. The van der Waals surface area contributed by atoms with E-state index in [9.17, 15) is 13.2 Å². The fraction of sp³-hybridized carbons (Fsp3) is 0.150. The Morgan fingerprint density at radius 1 is 1.04 bits per heavy atom. The van der Waals surface area contributed by atoms with Gasteiger partial charge in [-0.25, -0.2) is 13.1 Å². The van der Waals surface area contributed by atoms with Gasteiger partial charge in [0, 0.05) is 4.47 Å². The highest BCUT2D eigenvalue weighted by atomic mass is 79.9. The number of fused-ring (bicyclic) bond motifs is 1. The maximum absolute atomic E-state index is 12.4. The Bertz CT molecular complexity index is 1120. The monoisotopic (exact) mass is 462 g/mol. The molecule has 0 heterocycles. The summed E-state index contributed by atoms with van der Waals surface area (Å²) in [5.41, 5.74) is 0.238. The van der Waals surface area contributed by atoms with Gasteiger partial charge >= 0.3 is 0 Å². The lowest BCUT2D eigenvalue weighted by Gasteiger charge is -2.11. The minimum atomic E-state index is -3.63. The smallest absolute Gasteiger partial charge is 0.252 e. The maximum atomic E-state index is 12.4. The van der Waals surface area contributed by atoms with Gasteiger partial charge in [0.2, 0.25) is 10.0 Å². The lowest BCUT2D eigenvalue weighted by atomic mass is 10.1. The molecule has 0 aromatic heterocycles. The van der Waals surface area contributed by atoms with Crippen LogP contribution in [0, 0.1) is 0 Å². The predicted molar refractivity (Wildman–Crippen MR) is 112 cm³/mol. The molecule has 0 saturated carbocycles. The van der Waals surface area contributed by atoms with Crippen LogP contribution in [0.3, 0.4) is 0 Å². The van der Waals surface area contributed by atoms with Crippen LogP contribution in [0.25, 0.3) is 10.8 Å². The first-order chi connectivity index (χ1) is 13.4. The molecule has 3 aromatic rings. The van der Waals surface area contributed by atoms with Gasteiger partial charge < -0.3 is 10.1 Å². The van der Waals surface area contributed by atoms with E-state index in [-0.39, 0.29) is 29.5 Å². The number of amides is 1. The summed E-state index contributed by atoms with van der Waals surface area (Å²) in [6, 6.07) is 18.1. The van der Waals surface area contributed by atoms with Gasteiger partial charge in [-0.3, -0.25) is 4.79 Å². The van der Waals surface area contributed by atoms with Crippen molar-refractivity contribution >= 4 is 42.6 Å². The SMILES string of the molecule is CNS(=O)(=O)c1ccc(Br)c(C(=O)NCCOc2ccc3ccccc3c2)c1. The van der Waals surface area contributed by atoms with Crippen LogP contribution in [0.2, 0.25) is 0 Å². The summed E-state index contributed by atoms with van der Waals surface area (Å²) >= 11 is 3.28. The number of sulfonamides is 1. The zero-order chi connectivity index (χ0) is 20.1. The Hall–Kier alpha value is -2.42. The summed E-state index contributed by atoms with van der Waals surface area (Å²) in [6.07, 6.45) is 0. The van der Waals surface area contributed by atoms with E-state index < -0.39 is 10.0 Å². The molecule has 8 heteroatoms. The van der Waals surface area contributed by atoms with Gasteiger partial charge in [-0.15, -0.1) is 0 Å². The van der Waals surface area contributed by atoms with Crippen LogP contribution in [0.5, 0.6) is 5.75 Å². The molecule has 0 atom stereocenters.